The molecular formula is C14H17. The fraction of sp³-hybridized carbons (Fsp3) is 0.500. The van der Waals surface area contributed by atoms with E-state index < -0.39 is 0 Å². The summed E-state index contributed by atoms with van der Waals surface area (Å²) in [6.45, 7) is 0. The molecule has 0 nitrogen and oxygen atoms in total. The minimum Gasteiger partial charge on any atom is -0.0585 e. The summed E-state index contributed by atoms with van der Waals surface area (Å²) in [6.07, 6.45) is 11.9. The van der Waals surface area contributed by atoms with Crippen LogP contribution in [0.3, 0.4) is 0 Å². The zero-order valence-corrected chi connectivity index (χ0v) is 8.68. The van der Waals surface area contributed by atoms with Crippen LogP contribution in [0.4, 0.5) is 0 Å². The largest absolute Gasteiger partial charge is 0.0585 e. The molecule has 2 aliphatic carbocycles. The zero-order valence-electron chi connectivity index (χ0n) is 8.68. The Kier molecular flexibility index (Phi) is 2.08. The van der Waals surface area contributed by atoms with Crippen molar-refractivity contribution in [2.75, 3.05) is 0 Å². The second-order valence-corrected chi connectivity index (χ2v) is 4.57. The Morgan fingerprint density at radius 1 is 0.786 bits per heavy atom. The number of hydrogen-bond acceptors (Lipinski definition) is 0. The zero-order chi connectivity index (χ0) is 9.38. The van der Waals surface area contributed by atoms with E-state index in [2.05, 4.69) is 18.6 Å². The molecule has 0 atom stereocenters. The van der Waals surface area contributed by atoms with Gasteiger partial charge in [0, 0.05) is 0 Å². The monoisotopic (exact) mass is 185 g/mol. The lowest BCUT2D eigenvalue weighted by molar-refractivity contribution is 0.665. The van der Waals surface area contributed by atoms with Gasteiger partial charge in [-0.1, -0.05) is 12.1 Å². The van der Waals surface area contributed by atoms with Crippen LogP contribution in [0.25, 0.3) is 0 Å². The molecule has 0 heteroatoms. The molecular weight excluding hydrogens is 168 g/mol. The van der Waals surface area contributed by atoms with Gasteiger partial charge in [0.05, 0.1) is 0 Å². The van der Waals surface area contributed by atoms with Crippen molar-refractivity contribution in [1.29, 1.82) is 0 Å². The van der Waals surface area contributed by atoms with Crippen LogP contribution in [0.1, 0.15) is 47.9 Å². The number of fused-ring (bicyclic) bond motifs is 3. The van der Waals surface area contributed by atoms with E-state index in [1.54, 1.807) is 16.7 Å². The number of benzene rings is 1. The minimum atomic E-state index is 1.28. The van der Waals surface area contributed by atoms with E-state index in [-0.39, 0.29) is 0 Å². The van der Waals surface area contributed by atoms with Crippen molar-refractivity contribution >= 4 is 0 Å². The van der Waals surface area contributed by atoms with Gasteiger partial charge in [-0.15, -0.1) is 0 Å². The van der Waals surface area contributed by atoms with Gasteiger partial charge in [-0.2, -0.15) is 0 Å². The molecule has 3 rings (SSSR count). The third-order valence-corrected chi connectivity index (χ3v) is 3.68. The normalized spacial score (nSPS) is 20.0. The van der Waals surface area contributed by atoms with Crippen molar-refractivity contribution in [2.24, 2.45) is 0 Å². The first-order chi connectivity index (χ1) is 6.95. The Hall–Kier alpha value is -0.780. The van der Waals surface area contributed by atoms with Gasteiger partial charge < -0.3 is 0 Å². The molecule has 0 fully saturated rings. The van der Waals surface area contributed by atoms with E-state index >= 15 is 0 Å². The van der Waals surface area contributed by atoms with Gasteiger partial charge in [0.2, 0.25) is 0 Å². The van der Waals surface area contributed by atoms with Crippen LogP contribution in [0, 0.1) is 6.42 Å². The number of hydrogen-bond donors (Lipinski definition) is 0. The van der Waals surface area contributed by atoms with Gasteiger partial charge in [0.1, 0.15) is 0 Å². The fourth-order valence-electron chi connectivity index (χ4n) is 2.95. The Balaban J connectivity index is 2.12. The lowest BCUT2D eigenvalue weighted by Gasteiger charge is -2.24. The highest BCUT2D eigenvalue weighted by atomic mass is 14.2. The predicted octanol–water partition coefficient (Wildman–Crippen LogP) is 3.45. The lowest BCUT2D eigenvalue weighted by atomic mass is 9.81. The van der Waals surface area contributed by atoms with Crippen molar-refractivity contribution < 1.29 is 0 Å². The SMILES string of the molecule is [CH]1CCCc2c1ccc1c2CCCC1. The van der Waals surface area contributed by atoms with Gasteiger partial charge in [-0.05, 0) is 73.6 Å². The van der Waals surface area contributed by atoms with Crippen LogP contribution in [0.15, 0.2) is 12.1 Å². The fourth-order valence-corrected chi connectivity index (χ4v) is 2.95. The summed E-state index contributed by atoms with van der Waals surface area (Å²) in [4.78, 5) is 0. The molecule has 73 valence electrons. The van der Waals surface area contributed by atoms with Crippen molar-refractivity contribution in [1.82, 2.24) is 0 Å². The summed E-state index contributed by atoms with van der Waals surface area (Å²) in [5.41, 5.74) is 6.58. The molecule has 0 heterocycles. The van der Waals surface area contributed by atoms with Gasteiger partial charge in [-0.25, -0.2) is 0 Å². The maximum atomic E-state index is 2.42. The van der Waals surface area contributed by atoms with E-state index in [0.717, 1.165) is 0 Å². The summed E-state index contributed by atoms with van der Waals surface area (Å²) in [6, 6.07) is 4.72. The second kappa shape index (κ2) is 3.42. The molecule has 0 saturated heterocycles. The Morgan fingerprint density at radius 3 is 2.64 bits per heavy atom. The van der Waals surface area contributed by atoms with E-state index in [4.69, 9.17) is 0 Å². The van der Waals surface area contributed by atoms with Gasteiger partial charge in [0.15, 0.2) is 0 Å². The minimum absolute atomic E-state index is 1.28. The highest BCUT2D eigenvalue weighted by Crippen LogP contribution is 2.32. The molecule has 0 saturated carbocycles. The van der Waals surface area contributed by atoms with Crippen LogP contribution in [0.5, 0.6) is 0 Å². The van der Waals surface area contributed by atoms with Gasteiger partial charge >= 0.3 is 0 Å². The van der Waals surface area contributed by atoms with E-state index in [1.165, 1.54) is 50.5 Å². The molecule has 14 heavy (non-hydrogen) atoms. The van der Waals surface area contributed by atoms with Crippen molar-refractivity contribution in [3.05, 3.63) is 40.8 Å². The summed E-state index contributed by atoms with van der Waals surface area (Å²) >= 11 is 0. The first-order valence-corrected chi connectivity index (χ1v) is 5.92. The second-order valence-electron chi connectivity index (χ2n) is 4.57. The summed E-state index contributed by atoms with van der Waals surface area (Å²) in [7, 11) is 0. The Bertz CT molecular complexity index is 314. The van der Waals surface area contributed by atoms with Crippen molar-refractivity contribution in [2.45, 2.75) is 44.9 Å². The van der Waals surface area contributed by atoms with Crippen LogP contribution in [-0.2, 0) is 19.3 Å². The molecule has 0 spiro atoms. The van der Waals surface area contributed by atoms with Crippen molar-refractivity contribution in [3.8, 4) is 0 Å². The lowest BCUT2D eigenvalue weighted by Crippen LogP contribution is -2.11. The summed E-state index contributed by atoms with van der Waals surface area (Å²) in [5, 5.41) is 0. The first kappa shape index (κ1) is 8.52. The van der Waals surface area contributed by atoms with Crippen molar-refractivity contribution in [3.63, 3.8) is 0 Å². The predicted molar refractivity (Wildman–Crippen MR) is 59.4 cm³/mol. The molecule has 0 unspecified atom stereocenters. The average molecular weight is 185 g/mol. The van der Waals surface area contributed by atoms with E-state index in [1.807, 2.05) is 0 Å². The smallest absolute Gasteiger partial charge is 0.00900 e. The molecule has 0 N–H and O–H groups in total. The molecule has 2 aliphatic rings. The highest BCUT2D eigenvalue weighted by Gasteiger charge is 2.18. The highest BCUT2D eigenvalue weighted by molar-refractivity contribution is 5.46. The first-order valence-electron chi connectivity index (χ1n) is 5.92. The standard InChI is InChI=1S/C14H17/c1-3-7-13-11(5-1)9-10-12-6-2-4-8-14(12)13/h5,9-10H,1-4,6-8H2. The quantitative estimate of drug-likeness (QED) is 0.580. The molecule has 0 amide bonds. The third kappa shape index (κ3) is 1.28. The number of rotatable bonds is 0. The number of aryl methyl sites for hydroxylation is 1. The molecule has 0 bridgehead atoms. The Labute approximate surface area is 86.3 Å². The third-order valence-electron chi connectivity index (χ3n) is 3.68. The van der Waals surface area contributed by atoms with Gasteiger partial charge in [0.25, 0.3) is 0 Å². The maximum Gasteiger partial charge on any atom is -0.00900 e. The average Bonchev–Trinajstić information content (AvgIpc) is 2.29. The molecule has 1 radical (unpaired) electrons. The molecule has 1 aromatic carbocycles. The van der Waals surface area contributed by atoms with Crippen LogP contribution < -0.4 is 0 Å². The Morgan fingerprint density at radius 2 is 1.64 bits per heavy atom. The molecule has 0 aliphatic heterocycles. The van der Waals surface area contributed by atoms with Crippen LogP contribution >= 0.6 is 0 Å². The van der Waals surface area contributed by atoms with Crippen LogP contribution in [0.2, 0.25) is 0 Å². The van der Waals surface area contributed by atoms with Crippen LogP contribution in [-0.4, -0.2) is 0 Å². The van der Waals surface area contributed by atoms with E-state index in [9.17, 15) is 0 Å². The molecule has 1 aromatic rings. The van der Waals surface area contributed by atoms with Gasteiger partial charge in [-0.3, -0.25) is 0 Å². The molecule has 0 aromatic heterocycles. The maximum absolute atomic E-state index is 2.42. The summed E-state index contributed by atoms with van der Waals surface area (Å²) < 4.78 is 0. The topological polar surface area (TPSA) is 0 Å². The summed E-state index contributed by atoms with van der Waals surface area (Å²) in [5.74, 6) is 0. The van der Waals surface area contributed by atoms with E-state index in [0.29, 0.717) is 0 Å².